The van der Waals surface area contributed by atoms with Gasteiger partial charge in [-0.3, -0.25) is 4.79 Å². The third kappa shape index (κ3) is 5.02. The van der Waals surface area contributed by atoms with Crippen LogP contribution in [0.2, 0.25) is 0 Å². The van der Waals surface area contributed by atoms with E-state index in [1.165, 1.54) is 0 Å². The summed E-state index contributed by atoms with van der Waals surface area (Å²) in [5.74, 6) is -0.823. The second-order valence-electron chi connectivity index (χ2n) is 3.70. The van der Waals surface area contributed by atoms with E-state index in [1.54, 1.807) is 7.05 Å². The molecule has 1 aromatic carbocycles. The summed E-state index contributed by atoms with van der Waals surface area (Å²) in [6.45, 7) is 3.68. The Labute approximate surface area is 108 Å². The monoisotopic (exact) mass is 255 g/mol. The molecular weight excluding hydrogens is 238 g/mol. The number of hydrogen-bond acceptors (Lipinski definition) is 2. The molecule has 1 rings (SSSR count). The third-order valence-electron chi connectivity index (χ3n) is 2.46. The molecule has 0 saturated heterocycles. The predicted octanol–water partition coefficient (Wildman–Crippen LogP) is 2.05. The van der Waals surface area contributed by atoms with Crippen LogP contribution in [0.3, 0.4) is 0 Å². The fraction of sp³-hybridized carbons (Fsp3) is 0.308. The van der Waals surface area contributed by atoms with Crippen LogP contribution in [0.25, 0.3) is 0 Å². The van der Waals surface area contributed by atoms with Crippen LogP contribution in [0, 0.1) is 0 Å². The second-order valence-corrected chi connectivity index (χ2v) is 3.70. The van der Waals surface area contributed by atoms with Gasteiger partial charge < -0.3 is 10.4 Å². The van der Waals surface area contributed by atoms with Gasteiger partial charge in [0.25, 0.3) is 0 Å². The fourth-order valence-electron chi connectivity index (χ4n) is 1.60. The van der Waals surface area contributed by atoms with Crippen LogP contribution < -0.4 is 5.32 Å². The molecular formula is C13H18ClNO2. The maximum Gasteiger partial charge on any atom is 0.321 e. The summed E-state index contributed by atoms with van der Waals surface area (Å²) >= 11 is 0. The summed E-state index contributed by atoms with van der Waals surface area (Å²) in [7, 11) is 1.66. The number of allylic oxidation sites excluding steroid dienone is 1. The average molecular weight is 256 g/mol. The number of carboxylic acid groups (broad SMARTS) is 1. The number of halogens is 1. The molecule has 0 saturated carbocycles. The van der Waals surface area contributed by atoms with Crippen molar-refractivity contribution in [1.29, 1.82) is 0 Å². The molecule has 0 radical (unpaired) electrons. The number of carboxylic acids is 1. The maximum atomic E-state index is 10.9. The van der Waals surface area contributed by atoms with Crippen LogP contribution in [-0.4, -0.2) is 24.2 Å². The van der Waals surface area contributed by atoms with Crippen molar-refractivity contribution in [3.8, 4) is 0 Å². The minimum Gasteiger partial charge on any atom is -0.480 e. The summed E-state index contributed by atoms with van der Waals surface area (Å²) in [6.07, 6.45) is 3.15. The van der Waals surface area contributed by atoms with E-state index in [2.05, 4.69) is 11.9 Å². The third-order valence-corrected chi connectivity index (χ3v) is 2.46. The van der Waals surface area contributed by atoms with Crippen LogP contribution in [0.5, 0.6) is 0 Å². The van der Waals surface area contributed by atoms with E-state index >= 15 is 0 Å². The van der Waals surface area contributed by atoms with Gasteiger partial charge in [0, 0.05) is 0 Å². The molecule has 0 aliphatic rings. The molecule has 0 amide bonds. The first-order valence-electron chi connectivity index (χ1n) is 5.26. The Morgan fingerprint density at radius 3 is 2.71 bits per heavy atom. The molecule has 0 fully saturated rings. The highest BCUT2D eigenvalue weighted by molar-refractivity contribution is 5.85. The van der Waals surface area contributed by atoms with Crippen LogP contribution in [-0.2, 0) is 17.6 Å². The maximum absolute atomic E-state index is 10.9. The molecule has 0 aromatic heterocycles. The largest absolute Gasteiger partial charge is 0.480 e. The highest BCUT2D eigenvalue weighted by Gasteiger charge is 2.14. The van der Waals surface area contributed by atoms with Gasteiger partial charge >= 0.3 is 5.97 Å². The van der Waals surface area contributed by atoms with Gasteiger partial charge in [-0.2, -0.15) is 0 Å². The van der Waals surface area contributed by atoms with Gasteiger partial charge in [-0.1, -0.05) is 30.3 Å². The summed E-state index contributed by atoms with van der Waals surface area (Å²) < 4.78 is 0. The lowest BCUT2D eigenvalue weighted by molar-refractivity contribution is -0.139. The van der Waals surface area contributed by atoms with Gasteiger partial charge in [-0.25, -0.2) is 0 Å². The zero-order valence-corrected chi connectivity index (χ0v) is 10.7. The molecule has 0 aliphatic heterocycles. The molecule has 0 unspecified atom stereocenters. The van der Waals surface area contributed by atoms with Crippen LogP contribution in [0.4, 0.5) is 0 Å². The van der Waals surface area contributed by atoms with Crippen molar-refractivity contribution in [3.63, 3.8) is 0 Å². The summed E-state index contributed by atoms with van der Waals surface area (Å²) in [4.78, 5) is 10.9. The van der Waals surface area contributed by atoms with Gasteiger partial charge in [0.1, 0.15) is 6.04 Å². The summed E-state index contributed by atoms with van der Waals surface area (Å²) in [6, 6.07) is 7.40. The van der Waals surface area contributed by atoms with Gasteiger partial charge in [-0.15, -0.1) is 19.0 Å². The Hall–Kier alpha value is -1.32. The molecule has 0 bridgehead atoms. The van der Waals surface area contributed by atoms with Crippen LogP contribution in [0.15, 0.2) is 36.9 Å². The standard InChI is InChI=1S/C13H17NO2.ClH/c1-3-5-10-6-4-7-11(8-10)9-12(14-2)13(15)16;/h3-4,6-8,12,14H,1,5,9H2,2H3,(H,15,16);1H/t12-;/m0./s1. The number of likely N-dealkylation sites (N-methyl/N-ethyl adjacent to an activating group) is 1. The molecule has 0 aliphatic carbocycles. The topological polar surface area (TPSA) is 49.3 Å². The number of benzene rings is 1. The molecule has 0 spiro atoms. The zero-order chi connectivity index (χ0) is 12.0. The fourth-order valence-corrected chi connectivity index (χ4v) is 1.60. The SMILES string of the molecule is C=CCc1cccc(C[C@H](NC)C(=O)O)c1.Cl. The molecule has 2 N–H and O–H groups in total. The lowest BCUT2D eigenvalue weighted by Gasteiger charge is -2.11. The van der Waals surface area contributed by atoms with E-state index in [0.29, 0.717) is 6.42 Å². The first-order valence-corrected chi connectivity index (χ1v) is 5.26. The quantitative estimate of drug-likeness (QED) is 0.765. The molecule has 17 heavy (non-hydrogen) atoms. The van der Waals surface area contributed by atoms with E-state index in [0.717, 1.165) is 17.5 Å². The highest BCUT2D eigenvalue weighted by Crippen LogP contribution is 2.09. The van der Waals surface area contributed by atoms with E-state index in [9.17, 15) is 4.79 Å². The molecule has 1 atom stereocenters. The molecule has 0 heterocycles. The molecule has 4 heteroatoms. The smallest absolute Gasteiger partial charge is 0.321 e. The van der Waals surface area contributed by atoms with Crippen LogP contribution in [0.1, 0.15) is 11.1 Å². The van der Waals surface area contributed by atoms with Crippen LogP contribution >= 0.6 is 12.4 Å². The zero-order valence-electron chi connectivity index (χ0n) is 9.85. The van der Waals surface area contributed by atoms with E-state index in [1.807, 2.05) is 30.3 Å². The van der Waals surface area contributed by atoms with Crippen molar-refractivity contribution < 1.29 is 9.90 Å². The van der Waals surface area contributed by atoms with Gasteiger partial charge in [0.2, 0.25) is 0 Å². The number of aliphatic carboxylic acids is 1. The molecule has 3 nitrogen and oxygen atoms in total. The van der Waals surface area contributed by atoms with Gasteiger partial charge in [0.15, 0.2) is 0 Å². The predicted molar refractivity (Wildman–Crippen MR) is 71.8 cm³/mol. The Bertz CT molecular complexity index is 379. The Morgan fingerprint density at radius 2 is 2.18 bits per heavy atom. The van der Waals surface area contributed by atoms with E-state index in [-0.39, 0.29) is 12.4 Å². The molecule has 94 valence electrons. The van der Waals surface area contributed by atoms with Crippen molar-refractivity contribution >= 4 is 18.4 Å². The minimum atomic E-state index is -0.823. The Balaban J connectivity index is 0.00000256. The van der Waals surface area contributed by atoms with Crippen molar-refractivity contribution in [2.45, 2.75) is 18.9 Å². The normalized spacial score (nSPS) is 11.4. The number of hydrogen-bond donors (Lipinski definition) is 2. The van der Waals surface area contributed by atoms with Gasteiger partial charge in [-0.05, 0) is 31.0 Å². The van der Waals surface area contributed by atoms with E-state index < -0.39 is 12.0 Å². The second kappa shape index (κ2) is 7.87. The molecule has 1 aromatic rings. The van der Waals surface area contributed by atoms with E-state index in [4.69, 9.17) is 5.11 Å². The van der Waals surface area contributed by atoms with Crippen molar-refractivity contribution in [2.24, 2.45) is 0 Å². The first-order chi connectivity index (χ1) is 7.67. The Morgan fingerprint density at radius 1 is 1.53 bits per heavy atom. The number of nitrogens with one attached hydrogen (secondary N) is 1. The first kappa shape index (κ1) is 15.7. The lowest BCUT2D eigenvalue weighted by Crippen LogP contribution is -2.35. The van der Waals surface area contributed by atoms with Crippen molar-refractivity contribution in [3.05, 3.63) is 48.0 Å². The summed E-state index contributed by atoms with van der Waals surface area (Å²) in [5.41, 5.74) is 2.19. The minimum absolute atomic E-state index is 0. The number of carbonyl (C=O) groups is 1. The lowest BCUT2D eigenvalue weighted by atomic mass is 10.0. The Kier molecular flexibility index (Phi) is 7.26. The summed E-state index contributed by atoms with van der Waals surface area (Å²) in [5, 5.41) is 11.7. The average Bonchev–Trinajstić information content (AvgIpc) is 2.26. The van der Waals surface area contributed by atoms with Crippen molar-refractivity contribution in [1.82, 2.24) is 5.32 Å². The van der Waals surface area contributed by atoms with Crippen molar-refractivity contribution in [2.75, 3.05) is 7.05 Å². The van der Waals surface area contributed by atoms with Gasteiger partial charge in [0.05, 0.1) is 0 Å². The number of rotatable bonds is 6. The highest BCUT2D eigenvalue weighted by atomic mass is 35.5.